The summed E-state index contributed by atoms with van der Waals surface area (Å²) >= 11 is 0. The van der Waals surface area contributed by atoms with E-state index in [1.807, 2.05) is 24.3 Å². The number of hydrogen-bond donors (Lipinski definition) is 2. The van der Waals surface area contributed by atoms with E-state index in [0.717, 1.165) is 24.3 Å². The van der Waals surface area contributed by atoms with Gasteiger partial charge in [-0.1, -0.05) is 51.2 Å². The van der Waals surface area contributed by atoms with Crippen molar-refractivity contribution in [3.63, 3.8) is 0 Å². The molecule has 0 saturated carbocycles. The van der Waals surface area contributed by atoms with Crippen LogP contribution in [0.5, 0.6) is 5.75 Å². The number of unbranched alkanes of at least 4 members (excludes halogenated alkanes) is 5. The summed E-state index contributed by atoms with van der Waals surface area (Å²) in [6, 6.07) is 7.80. The Morgan fingerprint density at radius 3 is 2.29 bits per heavy atom. The fraction of sp³-hybridized carbons (Fsp3) is 0.647. The molecule has 122 valence electrons. The number of halogens is 1. The molecule has 0 bridgehead atoms. The lowest BCUT2D eigenvalue weighted by Gasteiger charge is -2.11. The Morgan fingerprint density at radius 1 is 1.05 bits per heavy atom. The van der Waals surface area contributed by atoms with Crippen LogP contribution in [0.2, 0.25) is 0 Å². The van der Waals surface area contributed by atoms with Gasteiger partial charge in [-0.25, -0.2) is 0 Å². The molecule has 0 heterocycles. The molecule has 1 rings (SSSR count). The van der Waals surface area contributed by atoms with Gasteiger partial charge in [0.15, 0.2) is 0 Å². The molecule has 0 aliphatic carbocycles. The molecule has 0 aromatic heterocycles. The molecule has 21 heavy (non-hydrogen) atoms. The van der Waals surface area contributed by atoms with Gasteiger partial charge in [0.1, 0.15) is 5.75 Å². The van der Waals surface area contributed by atoms with Crippen molar-refractivity contribution in [1.82, 2.24) is 0 Å². The second-order valence-corrected chi connectivity index (χ2v) is 5.30. The van der Waals surface area contributed by atoms with Gasteiger partial charge >= 0.3 is 0 Å². The highest BCUT2D eigenvalue weighted by Crippen LogP contribution is 2.18. The van der Waals surface area contributed by atoms with E-state index in [-0.39, 0.29) is 25.1 Å². The minimum atomic E-state index is -0.0902. The number of ether oxygens (including phenoxy) is 1. The average Bonchev–Trinajstić information content (AvgIpc) is 2.47. The molecule has 0 aliphatic heterocycles. The maximum Gasteiger partial charge on any atom is 0.119 e. The molecule has 0 aliphatic rings. The summed E-state index contributed by atoms with van der Waals surface area (Å²) in [6.07, 6.45) is 8.25. The number of aliphatic hydroxyl groups excluding tert-OH is 1. The lowest BCUT2D eigenvalue weighted by atomic mass is 10.1. The van der Waals surface area contributed by atoms with E-state index in [0.29, 0.717) is 6.42 Å². The normalized spacial score (nSPS) is 11.8. The molecular formula is C17H30ClNO2. The van der Waals surface area contributed by atoms with Crippen molar-refractivity contribution in [2.45, 2.75) is 57.9 Å². The maximum atomic E-state index is 8.87. The summed E-state index contributed by atoms with van der Waals surface area (Å²) in [5.74, 6) is 0.901. The van der Waals surface area contributed by atoms with Gasteiger partial charge in [-0.3, -0.25) is 0 Å². The quantitative estimate of drug-likeness (QED) is 0.601. The summed E-state index contributed by atoms with van der Waals surface area (Å²) in [7, 11) is 0. The largest absolute Gasteiger partial charge is 0.494 e. The third-order valence-corrected chi connectivity index (χ3v) is 3.51. The van der Waals surface area contributed by atoms with Gasteiger partial charge in [0, 0.05) is 12.6 Å². The predicted octanol–water partition coefficient (Wildman–Crippen LogP) is 4.23. The monoisotopic (exact) mass is 315 g/mol. The van der Waals surface area contributed by atoms with Gasteiger partial charge in [0.25, 0.3) is 0 Å². The molecule has 1 aromatic carbocycles. The van der Waals surface area contributed by atoms with Crippen molar-refractivity contribution < 1.29 is 9.84 Å². The molecule has 1 unspecified atom stereocenters. The van der Waals surface area contributed by atoms with E-state index in [2.05, 4.69) is 6.92 Å². The number of benzene rings is 1. The van der Waals surface area contributed by atoms with Crippen LogP contribution in [0.15, 0.2) is 24.3 Å². The first kappa shape index (κ1) is 20.2. The number of aliphatic hydroxyl groups is 1. The van der Waals surface area contributed by atoms with Crippen molar-refractivity contribution in [2.75, 3.05) is 13.2 Å². The van der Waals surface area contributed by atoms with Crippen molar-refractivity contribution in [1.29, 1.82) is 0 Å². The van der Waals surface area contributed by atoms with Crippen LogP contribution in [0.3, 0.4) is 0 Å². The smallest absolute Gasteiger partial charge is 0.119 e. The average molecular weight is 316 g/mol. The van der Waals surface area contributed by atoms with E-state index < -0.39 is 0 Å². The van der Waals surface area contributed by atoms with Gasteiger partial charge in [0.05, 0.1) is 6.61 Å². The van der Waals surface area contributed by atoms with Crippen LogP contribution < -0.4 is 10.5 Å². The first-order valence-electron chi connectivity index (χ1n) is 7.87. The van der Waals surface area contributed by atoms with E-state index in [9.17, 15) is 0 Å². The molecular weight excluding hydrogens is 286 g/mol. The van der Waals surface area contributed by atoms with Gasteiger partial charge in [-0.05, 0) is 30.5 Å². The Labute approximate surface area is 135 Å². The summed E-state index contributed by atoms with van der Waals surface area (Å²) in [5.41, 5.74) is 6.98. The molecule has 3 nitrogen and oxygen atoms in total. The highest BCUT2D eigenvalue weighted by Gasteiger charge is 2.04. The lowest BCUT2D eigenvalue weighted by molar-refractivity contribution is 0.276. The topological polar surface area (TPSA) is 55.5 Å². The van der Waals surface area contributed by atoms with Gasteiger partial charge in [0.2, 0.25) is 0 Å². The first-order chi connectivity index (χ1) is 9.77. The molecule has 1 atom stereocenters. The minimum Gasteiger partial charge on any atom is -0.494 e. The van der Waals surface area contributed by atoms with E-state index in [1.165, 1.54) is 32.1 Å². The van der Waals surface area contributed by atoms with Crippen LogP contribution in [0.4, 0.5) is 0 Å². The molecule has 0 spiro atoms. The zero-order valence-corrected chi connectivity index (χ0v) is 13.9. The first-order valence-corrected chi connectivity index (χ1v) is 7.87. The third-order valence-electron chi connectivity index (χ3n) is 3.51. The van der Waals surface area contributed by atoms with Gasteiger partial charge < -0.3 is 15.6 Å². The second kappa shape index (κ2) is 12.9. The Hall–Kier alpha value is -0.770. The molecule has 0 saturated heterocycles. The zero-order chi connectivity index (χ0) is 14.6. The Bertz CT molecular complexity index is 343. The molecule has 0 fully saturated rings. The Kier molecular flexibility index (Phi) is 12.5. The van der Waals surface area contributed by atoms with Crippen molar-refractivity contribution in [3.05, 3.63) is 29.8 Å². The Morgan fingerprint density at radius 2 is 1.67 bits per heavy atom. The van der Waals surface area contributed by atoms with Crippen LogP contribution in [-0.4, -0.2) is 18.3 Å². The van der Waals surface area contributed by atoms with Crippen LogP contribution >= 0.6 is 12.4 Å². The number of nitrogens with two attached hydrogens (primary N) is 1. The maximum absolute atomic E-state index is 8.87. The molecule has 4 heteroatoms. The highest BCUT2D eigenvalue weighted by atomic mass is 35.5. The van der Waals surface area contributed by atoms with E-state index >= 15 is 0 Å². The SMILES string of the molecule is CCCCCCCCOc1ccc(C(N)CCO)cc1.Cl. The van der Waals surface area contributed by atoms with Crippen LogP contribution in [0.25, 0.3) is 0 Å². The fourth-order valence-corrected chi connectivity index (χ4v) is 2.19. The molecule has 0 radical (unpaired) electrons. The zero-order valence-electron chi connectivity index (χ0n) is 13.1. The second-order valence-electron chi connectivity index (χ2n) is 5.30. The summed E-state index contributed by atoms with van der Waals surface area (Å²) in [4.78, 5) is 0. The Balaban J connectivity index is 0.00000400. The molecule has 1 aromatic rings. The van der Waals surface area contributed by atoms with Crippen LogP contribution in [0.1, 0.15) is 63.5 Å². The fourth-order valence-electron chi connectivity index (χ4n) is 2.19. The number of rotatable bonds is 11. The molecule has 3 N–H and O–H groups in total. The van der Waals surface area contributed by atoms with Crippen LogP contribution in [0, 0.1) is 0 Å². The van der Waals surface area contributed by atoms with Crippen molar-refractivity contribution in [2.24, 2.45) is 5.73 Å². The highest BCUT2D eigenvalue weighted by molar-refractivity contribution is 5.85. The lowest BCUT2D eigenvalue weighted by Crippen LogP contribution is -2.11. The van der Waals surface area contributed by atoms with Gasteiger partial charge in [-0.2, -0.15) is 0 Å². The van der Waals surface area contributed by atoms with Crippen molar-refractivity contribution >= 4 is 12.4 Å². The van der Waals surface area contributed by atoms with E-state index in [4.69, 9.17) is 15.6 Å². The summed E-state index contributed by atoms with van der Waals surface area (Å²) in [6.45, 7) is 3.14. The molecule has 0 amide bonds. The predicted molar refractivity (Wildman–Crippen MR) is 91.2 cm³/mol. The summed E-state index contributed by atoms with van der Waals surface area (Å²) < 4.78 is 5.72. The minimum absolute atomic E-state index is 0. The van der Waals surface area contributed by atoms with Crippen LogP contribution in [-0.2, 0) is 0 Å². The summed E-state index contributed by atoms with van der Waals surface area (Å²) in [5, 5.41) is 8.87. The van der Waals surface area contributed by atoms with Gasteiger partial charge in [-0.15, -0.1) is 12.4 Å². The van der Waals surface area contributed by atoms with E-state index in [1.54, 1.807) is 0 Å². The number of hydrogen-bond acceptors (Lipinski definition) is 3. The van der Waals surface area contributed by atoms with Crippen molar-refractivity contribution in [3.8, 4) is 5.75 Å². The standard InChI is InChI=1S/C17H29NO2.ClH/c1-2-3-4-5-6-7-14-20-16-10-8-15(9-11-16)17(18)12-13-19;/h8-11,17,19H,2-7,12-14,18H2,1H3;1H. The third kappa shape index (κ3) is 8.97.